The highest BCUT2D eigenvalue weighted by atomic mass is 35.5. The highest BCUT2D eigenvalue weighted by Crippen LogP contribution is 2.25. The molecule has 0 atom stereocenters. The number of aromatic nitrogens is 3. The smallest absolute Gasteiger partial charge is 0.286 e. The third-order valence-corrected chi connectivity index (χ3v) is 4.62. The molecule has 0 spiro atoms. The van der Waals surface area contributed by atoms with E-state index in [4.69, 9.17) is 11.6 Å². The van der Waals surface area contributed by atoms with Crippen LogP contribution in [0.25, 0.3) is 0 Å². The minimum Gasteiger partial charge on any atom is -0.346 e. The van der Waals surface area contributed by atoms with E-state index in [2.05, 4.69) is 15.5 Å². The second kappa shape index (κ2) is 7.20. The summed E-state index contributed by atoms with van der Waals surface area (Å²) in [5.41, 5.74) is 1.16. The first-order valence-corrected chi connectivity index (χ1v) is 8.84. The lowest BCUT2D eigenvalue weighted by atomic mass is 10.2. The molecule has 1 N–H and O–H groups in total. The predicted octanol–water partition coefficient (Wildman–Crippen LogP) is 2.37. The topological polar surface area (TPSA) is 80.1 Å². The quantitative estimate of drug-likeness (QED) is 0.750. The average Bonchev–Trinajstić information content (AvgIpc) is 3.13. The highest BCUT2D eigenvalue weighted by Gasteiger charge is 2.27. The molecule has 2 aromatic carbocycles. The van der Waals surface area contributed by atoms with Crippen molar-refractivity contribution in [3.05, 3.63) is 81.2 Å². The van der Waals surface area contributed by atoms with Gasteiger partial charge in [-0.3, -0.25) is 14.2 Å². The van der Waals surface area contributed by atoms with Crippen LogP contribution in [0.4, 0.5) is 11.6 Å². The molecule has 0 aliphatic carbocycles. The van der Waals surface area contributed by atoms with E-state index in [1.165, 1.54) is 4.57 Å². The van der Waals surface area contributed by atoms with Crippen LogP contribution in [0.15, 0.2) is 59.4 Å². The van der Waals surface area contributed by atoms with Gasteiger partial charge in [-0.1, -0.05) is 41.9 Å². The lowest BCUT2D eigenvalue weighted by molar-refractivity contribution is 0.0942. The van der Waals surface area contributed by atoms with Crippen molar-refractivity contribution >= 4 is 29.1 Å². The van der Waals surface area contributed by atoms with Crippen LogP contribution in [-0.2, 0) is 13.1 Å². The number of anilines is 2. The summed E-state index contributed by atoms with van der Waals surface area (Å²) < 4.78 is 1.48. The molecule has 0 fully saturated rings. The van der Waals surface area contributed by atoms with Crippen molar-refractivity contribution in [1.29, 1.82) is 0 Å². The van der Waals surface area contributed by atoms with Gasteiger partial charge in [0.2, 0.25) is 11.6 Å². The minimum atomic E-state index is -0.545. The largest absolute Gasteiger partial charge is 0.346 e. The van der Waals surface area contributed by atoms with Crippen LogP contribution in [-0.4, -0.2) is 27.2 Å². The molecule has 0 radical (unpaired) electrons. The normalized spacial score (nSPS) is 12.7. The molecule has 4 rings (SSSR count). The van der Waals surface area contributed by atoms with Crippen molar-refractivity contribution in [2.75, 3.05) is 11.4 Å². The van der Waals surface area contributed by atoms with Gasteiger partial charge >= 0.3 is 0 Å². The van der Waals surface area contributed by atoms with Gasteiger partial charge in [-0.2, -0.15) is 0 Å². The Bertz CT molecular complexity index is 1030. The van der Waals surface area contributed by atoms with E-state index >= 15 is 0 Å². The Hall–Kier alpha value is -3.19. The molecule has 1 aromatic heterocycles. The Kier molecular flexibility index (Phi) is 4.60. The Labute approximate surface area is 160 Å². The van der Waals surface area contributed by atoms with E-state index in [1.54, 1.807) is 12.1 Å². The van der Waals surface area contributed by atoms with Crippen molar-refractivity contribution in [3.8, 4) is 0 Å². The molecule has 1 amide bonds. The number of hydrogen-bond acceptors (Lipinski definition) is 5. The number of amides is 1. The fourth-order valence-corrected chi connectivity index (χ4v) is 3.10. The molecule has 8 heteroatoms. The molecular formula is C19H16ClN5O2. The van der Waals surface area contributed by atoms with Crippen LogP contribution < -0.4 is 15.8 Å². The summed E-state index contributed by atoms with van der Waals surface area (Å²) in [6.07, 6.45) is 0. The minimum absolute atomic E-state index is 0.206. The van der Waals surface area contributed by atoms with Crippen LogP contribution in [0.1, 0.15) is 16.1 Å². The molecule has 27 heavy (non-hydrogen) atoms. The summed E-state index contributed by atoms with van der Waals surface area (Å²) in [6.45, 7) is 1.33. The number of carbonyl (C=O) groups is 1. The summed E-state index contributed by atoms with van der Waals surface area (Å²) >= 11 is 5.85. The van der Waals surface area contributed by atoms with Crippen molar-refractivity contribution in [1.82, 2.24) is 20.1 Å². The van der Waals surface area contributed by atoms with Gasteiger partial charge in [0.25, 0.3) is 11.5 Å². The van der Waals surface area contributed by atoms with Crippen LogP contribution in [0.5, 0.6) is 0 Å². The molecule has 0 bridgehead atoms. The van der Waals surface area contributed by atoms with Crippen LogP contribution >= 0.6 is 11.6 Å². The molecular weight excluding hydrogens is 366 g/mol. The van der Waals surface area contributed by atoms with E-state index in [0.717, 1.165) is 11.3 Å². The maximum Gasteiger partial charge on any atom is 0.286 e. The number of carbonyl (C=O) groups excluding carboxylic acids is 1. The maximum atomic E-state index is 12.7. The lowest BCUT2D eigenvalue weighted by Crippen LogP contribution is -2.34. The van der Waals surface area contributed by atoms with Gasteiger partial charge < -0.3 is 10.2 Å². The lowest BCUT2D eigenvalue weighted by Gasteiger charge is -2.16. The van der Waals surface area contributed by atoms with E-state index in [1.807, 2.05) is 47.4 Å². The third kappa shape index (κ3) is 3.41. The zero-order valence-corrected chi connectivity index (χ0v) is 15.1. The number of nitrogens with one attached hydrogen (secondary N) is 1. The molecule has 1 aliphatic heterocycles. The molecule has 136 valence electrons. The van der Waals surface area contributed by atoms with Gasteiger partial charge in [-0.05, 0) is 29.8 Å². The van der Waals surface area contributed by atoms with Crippen LogP contribution in [0.3, 0.4) is 0 Å². The zero-order valence-electron chi connectivity index (χ0n) is 14.3. The Morgan fingerprint density at radius 2 is 1.78 bits per heavy atom. The Morgan fingerprint density at radius 3 is 2.52 bits per heavy atom. The summed E-state index contributed by atoms with van der Waals surface area (Å²) in [6, 6.07) is 16.7. The molecule has 2 heterocycles. The van der Waals surface area contributed by atoms with E-state index in [9.17, 15) is 9.59 Å². The molecule has 0 saturated carbocycles. The number of halogens is 1. The molecule has 3 aromatic rings. The first kappa shape index (κ1) is 17.2. The van der Waals surface area contributed by atoms with Crippen LogP contribution in [0, 0.1) is 0 Å². The predicted molar refractivity (Wildman–Crippen MR) is 102 cm³/mol. The number of rotatable bonds is 4. The molecule has 1 aliphatic rings. The Morgan fingerprint density at radius 1 is 1.04 bits per heavy atom. The van der Waals surface area contributed by atoms with Crippen molar-refractivity contribution in [3.63, 3.8) is 0 Å². The number of para-hydroxylation sites is 1. The fraction of sp³-hybridized carbons (Fsp3) is 0.158. The maximum absolute atomic E-state index is 12.7. The van der Waals surface area contributed by atoms with Crippen molar-refractivity contribution in [2.24, 2.45) is 0 Å². The third-order valence-electron chi connectivity index (χ3n) is 4.37. The van der Waals surface area contributed by atoms with Gasteiger partial charge in [-0.25, -0.2) is 0 Å². The first-order valence-electron chi connectivity index (χ1n) is 8.46. The second-order valence-corrected chi connectivity index (χ2v) is 6.54. The van der Waals surface area contributed by atoms with E-state index in [-0.39, 0.29) is 12.2 Å². The summed E-state index contributed by atoms with van der Waals surface area (Å²) in [4.78, 5) is 27.0. The number of hydrogen-bond donors (Lipinski definition) is 1. The van der Waals surface area contributed by atoms with Gasteiger partial charge in [-0.15, -0.1) is 10.2 Å². The molecule has 7 nitrogen and oxygen atoms in total. The number of nitrogens with zero attached hydrogens (tertiary/aromatic N) is 4. The molecule has 0 saturated heterocycles. The van der Waals surface area contributed by atoms with E-state index in [0.29, 0.717) is 24.1 Å². The fourth-order valence-electron chi connectivity index (χ4n) is 2.97. The SMILES string of the molecule is O=C(NCc1ccc(Cl)cc1)c1nnc2n(c1=O)CCN2c1ccccc1. The second-order valence-electron chi connectivity index (χ2n) is 6.10. The van der Waals surface area contributed by atoms with Gasteiger partial charge in [0, 0.05) is 30.3 Å². The average molecular weight is 382 g/mol. The summed E-state index contributed by atoms with van der Waals surface area (Å²) in [7, 11) is 0. The van der Waals surface area contributed by atoms with E-state index < -0.39 is 11.5 Å². The highest BCUT2D eigenvalue weighted by molar-refractivity contribution is 6.30. The standard InChI is InChI=1S/C19H16ClN5O2/c20-14-8-6-13(7-9-14)12-21-17(26)16-18(27)25-11-10-24(19(25)23-22-16)15-4-2-1-3-5-15/h1-9H,10-12H2,(H,21,26). The Balaban J connectivity index is 1.54. The number of fused-ring (bicyclic) bond motifs is 1. The zero-order chi connectivity index (χ0) is 18.8. The monoisotopic (exact) mass is 381 g/mol. The van der Waals surface area contributed by atoms with Gasteiger partial charge in [0.1, 0.15) is 0 Å². The van der Waals surface area contributed by atoms with Crippen LogP contribution in [0.2, 0.25) is 5.02 Å². The number of benzene rings is 2. The van der Waals surface area contributed by atoms with Crippen molar-refractivity contribution < 1.29 is 4.79 Å². The van der Waals surface area contributed by atoms with Crippen molar-refractivity contribution in [2.45, 2.75) is 13.1 Å². The summed E-state index contributed by atoms with van der Waals surface area (Å²) in [5.74, 6) is -0.101. The summed E-state index contributed by atoms with van der Waals surface area (Å²) in [5, 5.41) is 11.3. The molecule has 0 unspecified atom stereocenters. The van der Waals surface area contributed by atoms with Gasteiger partial charge in [0.05, 0.1) is 0 Å². The van der Waals surface area contributed by atoms with Gasteiger partial charge in [0.15, 0.2) is 0 Å². The first-order chi connectivity index (χ1) is 13.1.